The Labute approximate surface area is 180 Å². The minimum Gasteiger partial charge on any atom is -0.362 e. The van der Waals surface area contributed by atoms with Crippen LogP contribution in [0.3, 0.4) is 0 Å². The standard InChI is InChI=1S/C23H22ClN3O3/c24-20-9-7-18(8-10-20)21-6-2-1-5-19(21)14-27-23(29)16-30-15-22(28)26-13-17-4-3-11-25-12-17/h1-12H,13-16H2,(H,26,28)(H,27,29). The second-order valence-corrected chi connectivity index (χ2v) is 7.01. The van der Waals surface area contributed by atoms with Crippen LogP contribution in [-0.2, 0) is 27.4 Å². The van der Waals surface area contributed by atoms with E-state index in [1.165, 1.54) is 0 Å². The van der Waals surface area contributed by atoms with Crippen molar-refractivity contribution in [2.45, 2.75) is 13.1 Å². The van der Waals surface area contributed by atoms with Crippen molar-refractivity contribution in [3.8, 4) is 11.1 Å². The number of ether oxygens (including phenoxy) is 1. The highest BCUT2D eigenvalue weighted by molar-refractivity contribution is 6.30. The van der Waals surface area contributed by atoms with Crippen molar-refractivity contribution in [2.24, 2.45) is 0 Å². The van der Waals surface area contributed by atoms with Gasteiger partial charge in [0, 0.05) is 30.5 Å². The molecule has 30 heavy (non-hydrogen) atoms. The number of carbonyl (C=O) groups is 2. The summed E-state index contributed by atoms with van der Waals surface area (Å²) in [6.45, 7) is 0.344. The average molecular weight is 424 g/mol. The number of benzene rings is 2. The first-order valence-electron chi connectivity index (χ1n) is 9.46. The van der Waals surface area contributed by atoms with E-state index in [1.807, 2.05) is 54.6 Å². The summed E-state index contributed by atoms with van der Waals surface area (Å²) in [6.07, 6.45) is 3.34. The van der Waals surface area contributed by atoms with E-state index >= 15 is 0 Å². The van der Waals surface area contributed by atoms with Gasteiger partial charge in [0.05, 0.1) is 0 Å². The minimum absolute atomic E-state index is 0.185. The van der Waals surface area contributed by atoms with Crippen LogP contribution in [0, 0.1) is 0 Å². The van der Waals surface area contributed by atoms with Gasteiger partial charge in [0.15, 0.2) is 0 Å². The van der Waals surface area contributed by atoms with Gasteiger partial charge in [-0.1, -0.05) is 54.1 Å². The highest BCUT2D eigenvalue weighted by Crippen LogP contribution is 2.25. The van der Waals surface area contributed by atoms with Crippen molar-refractivity contribution in [2.75, 3.05) is 13.2 Å². The molecule has 1 heterocycles. The Balaban J connectivity index is 1.42. The second-order valence-electron chi connectivity index (χ2n) is 6.57. The molecule has 0 bridgehead atoms. The average Bonchev–Trinajstić information content (AvgIpc) is 2.78. The molecule has 0 radical (unpaired) electrons. The zero-order chi connectivity index (χ0) is 21.2. The Bertz CT molecular complexity index is 978. The first-order valence-corrected chi connectivity index (χ1v) is 9.83. The summed E-state index contributed by atoms with van der Waals surface area (Å²) in [6, 6.07) is 19.0. The molecule has 0 saturated heterocycles. The third kappa shape index (κ3) is 6.69. The second kappa shape index (κ2) is 11.1. The van der Waals surface area contributed by atoms with Crippen molar-refractivity contribution in [1.29, 1.82) is 0 Å². The summed E-state index contributed by atoms with van der Waals surface area (Å²) in [5.74, 6) is -0.583. The molecule has 0 spiro atoms. The number of nitrogens with zero attached hydrogens (tertiary/aromatic N) is 1. The maximum absolute atomic E-state index is 12.1. The molecule has 0 unspecified atom stereocenters. The van der Waals surface area contributed by atoms with E-state index in [-0.39, 0.29) is 25.0 Å². The molecule has 3 rings (SSSR count). The number of halogens is 1. The Morgan fingerprint density at radius 2 is 1.57 bits per heavy atom. The van der Waals surface area contributed by atoms with Crippen LogP contribution in [0.5, 0.6) is 0 Å². The van der Waals surface area contributed by atoms with Crippen LogP contribution >= 0.6 is 11.6 Å². The van der Waals surface area contributed by atoms with Crippen molar-refractivity contribution in [1.82, 2.24) is 15.6 Å². The lowest BCUT2D eigenvalue weighted by molar-refractivity contribution is -0.131. The van der Waals surface area contributed by atoms with Gasteiger partial charge in [-0.3, -0.25) is 14.6 Å². The third-order valence-corrected chi connectivity index (χ3v) is 4.58. The molecule has 0 saturated carbocycles. The predicted octanol–water partition coefficient (Wildman–Crippen LogP) is 3.35. The molecule has 154 valence electrons. The van der Waals surface area contributed by atoms with Crippen molar-refractivity contribution in [3.05, 3.63) is 89.2 Å². The lowest BCUT2D eigenvalue weighted by Crippen LogP contribution is -2.31. The molecule has 6 nitrogen and oxygen atoms in total. The van der Waals surface area contributed by atoms with E-state index in [9.17, 15) is 9.59 Å². The molecular formula is C23H22ClN3O3. The van der Waals surface area contributed by atoms with Crippen LogP contribution in [0.1, 0.15) is 11.1 Å². The third-order valence-electron chi connectivity index (χ3n) is 4.33. The van der Waals surface area contributed by atoms with Gasteiger partial charge in [-0.2, -0.15) is 0 Å². The van der Waals surface area contributed by atoms with Gasteiger partial charge in [-0.15, -0.1) is 0 Å². The van der Waals surface area contributed by atoms with E-state index in [0.717, 1.165) is 22.3 Å². The molecular weight excluding hydrogens is 402 g/mol. The Kier molecular flexibility index (Phi) is 7.94. The van der Waals surface area contributed by atoms with Gasteiger partial charge < -0.3 is 15.4 Å². The lowest BCUT2D eigenvalue weighted by atomic mass is 10.00. The van der Waals surface area contributed by atoms with Crippen LogP contribution in [0.15, 0.2) is 73.1 Å². The monoisotopic (exact) mass is 423 g/mol. The maximum Gasteiger partial charge on any atom is 0.246 e. The number of pyridine rings is 1. The first kappa shape index (κ1) is 21.5. The summed E-state index contributed by atoms with van der Waals surface area (Å²) in [4.78, 5) is 27.9. The van der Waals surface area contributed by atoms with Crippen LogP contribution in [0.2, 0.25) is 5.02 Å². The van der Waals surface area contributed by atoms with E-state index in [2.05, 4.69) is 15.6 Å². The van der Waals surface area contributed by atoms with E-state index < -0.39 is 0 Å². The number of hydrogen-bond donors (Lipinski definition) is 2. The van der Waals surface area contributed by atoms with Crippen LogP contribution in [0.4, 0.5) is 0 Å². The Morgan fingerprint density at radius 1 is 0.867 bits per heavy atom. The number of amides is 2. The van der Waals surface area contributed by atoms with Gasteiger partial charge in [0.25, 0.3) is 0 Å². The number of hydrogen-bond acceptors (Lipinski definition) is 4. The fourth-order valence-electron chi connectivity index (χ4n) is 2.82. The Hall–Kier alpha value is -3.22. The molecule has 2 amide bonds. The maximum atomic E-state index is 12.1. The highest BCUT2D eigenvalue weighted by Gasteiger charge is 2.08. The van der Waals surface area contributed by atoms with E-state index in [4.69, 9.17) is 16.3 Å². The topological polar surface area (TPSA) is 80.3 Å². The summed E-state index contributed by atoms with van der Waals surface area (Å²) in [7, 11) is 0. The van der Waals surface area contributed by atoms with Crippen molar-refractivity contribution >= 4 is 23.4 Å². The first-order chi connectivity index (χ1) is 14.6. The lowest BCUT2D eigenvalue weighted by Gasteiger charge is -2.11. The van der Waals surface area contributed by atoms with Gasteiger partial charge >= 0.3 is 0 Å². The molecule has 7 heteroatoms. The molecule has 3 aromatic rings. The number of nitrogens with one attached hydrogen (secondary N) is 2. The van der Waals surface area contributed by atoms with Gasteiger partial charge in [0.1, 0.15) is 13.2 Å². The van der Waals surface area contributed by atoms with Crippen molar-refractivity contribution < 1.29 is 14.3 Å². The van der Waals surface area contributed by atoms with Crippen LogP contribution < -0.4 is 10.6 Å². The predicted molar refractivity (Wildman–Crippen MR) is 116 cm³/mol. The fourth-order valence-corrected chi connectivity index (χ4v) is 2.95. The number of carbonyl (C=O) groups excluding carboxylic acids is 2. The molecule has 0 aliphatic heterocycles. The molecule has 0 atom stereocenters. The van der Waals surface area contributed by atoms with Crippen LogP contribution in [-0.4, -0.2) is 30.0 Å². The number of rotatable bonds is 9. The zero-order valence-electron chi connectivity index (χ0n) is 16.3. The molecule has 2 aromatic carbocycles. The van der Waals surface area contributed by atoms with Gasteiger partial charge in [0.2, 0.25) is 11.8 Å². The minimum atomic E-state index is -0.292. The van der Waals surface area contributed by atoms with Gasteiger partial charge in [-0.25, -0.2) is 0 Å². The highest BCUT2D eigenvalue weighted by atomic mass is 35.5. The van der Waals surface area contributed by atoms with E-state index in [0.29, 0.717) is 18.1 Å². The largest absolute Gasteiger partial charge is 0.362 e. The summed E-state index contributed by atoms with van der Waals surface area (Å²) in [5.41, 5.74) is 3.90. The zero-order valence-corrected chi connectivity index (χ0v) is 17.1. The molecule has 2 N–H and O–H groups in total. The van der Waals surface area contributed by atoms with Gasteiger partial charge in [-0.05, 0) is 40.5 Å². The summed E-state index contributed by atoms with van der Waals surface area (Å²) < 4.78 is 5.21. The summed E-state index contributed by atoms with van der Waals surface area (Å²) >= 11 is 5.96. The summed E-state index contributed by atoms with van der Waals surface area (Å²) in [5, 5.41) is 6.21. The Morgan fingerprint density at radius 3 is 2.27 bits per heavy atom. The van der Waals surface area contributed by atoms with Crippen LogP contribution in [0.25, 0.3) is 11.1 Å². The SMILES string of the molecule is O=C(COCC(=O)NCc1ccccc1-c1ccc(Cl)cc1)NCc1cccnc1. The van der Waals surface area contributed by atoms with Crippen molar-refractivity contribution in [3.63, 3.8) is 0 Å². The molecule has 0 aliphatic rings. The number of aromatic nitrogens is 1. The smallest absolute Gasteiger partial charge is 0.246 e. The molecule has 1 aromatic heterocycles. The fraction of sp³-hybridized carbons (Fsp3) is 0.174. The molecule has 0 aliphatic carbocycles. The molecule has 0 fully saturated rings. The normalized spacial score (nSPS) is 10.4. The van der Waals surface area contributed by atoms with E-state index in [1.54, 1.807) is 18.5 Å². The quantitative estimate of drug-likeness (QED) is 0.553.